The van der Waals surface area contributed by atoms with Gasteiger partial charge in [-0.15, -0.1) is 11.3 Å². The summed E-state index contributed by atoms with van der Waals surface area (Å²) in [7, 11) is 0. The molecule has 0 atom stereocenters. The average molecular weight is 479 g/mol. The topological polar surface area (TPSA) is 86.3 Å². The number of nitro groups is 2. The van der Waals surface area contributed by atoms with Crippen molar-refractivity contribution in [2.24, 2.45) is 0 Å². The second-order valence-electron chi connectivity index (χ2n) is 7.86. The SMILES string of the molecule is O=[N+]([O-])c1c(-c2ccc(-c3ccccc3)cc2)sc(-c2ccc(-c3ccccc3)cc2)c1[N+](=O)[O-]. The lowest BCUT2D eigenvalue weighted by molar-refractivity contribution is -0.420. The fourth-order valence-corrected chi connectivity index (χ4v) is 5.28. The molecule has 0 aliphatic rings. The van der Waals surface area contributed by atoms with E-state index in [1.807, 2.05) is 84.9 Å². The lowest BCUT2D eigenvalue weighted by Crippen LogP contribution is -1.96. The normalized spacial score (nSPS) is 10.7. The van der Waals surface area contributed by atoms with Crippen LogP contribution in [0.25, 0.3) is 43.1 Å². The molecule has 1 heterocycles. The highest BCUT2D eigenvalue weighted by Crippen LogP contribution is 2.51. The first-order chi connectivity index (χ1) is 17.0. The Morgan fingerprint density at radius 3 is 1.03 bits per heavy atom. The van der Waals surface area contributed by atoms with Crippen LogP contribution in [0, 0.1) is 20.2 Å². The van der Waals surface area contributed by atoms with Crippen LogP contribution in [0.3, 0.4) is 0 Å². The summed E-state index contributed by atoms with van der Waals surface area (Å²) in [6.07, 6.45) is 0. The van der Waals surface area contributed by atoms with Crippen molar-refractivity contribution in [1.82, 2.24) is 0 Å². The Hall–Kier alpha value is -4.62. The van der Waals surface area contributed by atoms with Gasteiger partial charge in [-0.1, -0.05) is 109 Å². The van der Waals surface area contributed by atoms with Crippen LogP contribution >= 0.6 is 11.3 Å². The first-order valence-corrected chi connectivity index (χ1v) is 11.6. The van der Waals surface area contributed by atoms with Crippen molar-refractivity contribution in [2.45, 2.75) is 0 Å². The lowest BCUT2D eigenvalue weighted by Gasteiger charge is -2.03. The molecule has 5 aromatic rings. The molecule has 0 aliphatic heterocycles. The van der Waals surface area contributed by atoms with Gasteiger partial charge in [0.15, 0.2) is 0 Å². The van der Waals surface area contributed by atoms with E-state index in [0.717, 1.165) is 33.6 Å². The Bertz CT molecular complexity index is 1400. The molecule has 0 N–H and O–H groups in total. The lowest BCUT2D eigenvalue weighted by atomic mass is 10.0. The number of hydrogen-bond donors (Lipinski definition) is 0. The predicted molar refractivity (Wildman–Crippen MR) is 139 cm³/mol. The minimum Gasteiger partial charge on any atom is -0.258 e. The summed E-state index contributed by atoms with van der Waals surface area (Å²) in [4.78, 5) is 23.2. The minimum atomic E-state index is -0.656. The zero-order valence-electron chi connectivity index (χ0n) is 18.3. The molecule has 0 spiro atoms. The standard InChI is InChI=1S/C28H18N2O4S/c31-29(32)25-26(30(33)34)28(24-17-13-22(14-18-24)20-9-5-2-6-10-20)35-27(25)23-15-11-21(12-16-23)19-7-3-1-4-8-19/h1-18H. The molecule has 0 saturated carbocycles. The molecule has 4 aromatic carbocycles. The van der Waals surface area contributed by atoms with Crippen molar-refractivity contribution >= 4 is 22.7 Å². The highest BCUT2D eigenvalue weighted by molar-refractivity contribution is 7.20. The average Bonchev–Trinajstić information content (AvgIpc) is 3.31. The van der Waals surface area contributed by atoms with Gasteiger partial charge in [-0.2, -0.15) is 0 Å². The zero-order chi connectivity index (χ0) is 24.4. The molecule has 35 heavy (non-hydrogen) atoms. The first kappa shape index (κ1) is 22.2. The molecule has 1 aromatic heterocycles. The number of nitrogens with zero attached hydrogens (tertiary/aromatic N) is 2. The Labute approximate surface area is 205 Å². The van der Waals surface area contributed by atoms with E-state index in [-0.39, 0.29) is 9.75 Å². The van der Waals surface area contributed by atoms with Gasteiger partial charge in [-0.3, -0.25) is 20.2 Å². The quantitative estimate of drug-likeness (QED) is 0.182. The van der Waals surface area contributed by atoms with Crippen LogP contribution in [-0.2, 0) is 0 Å². The van der Waals surface area contributed by atoms with E-state index < -0.39 is 21.2 Å². The van der Waals surface area contributed by atoms with Crippen molar-refractivity contribution in [3.8, 4) is 43.1 Å². The van der Waals surface area contributed by atoms with Crippen molar-refractivity contribution in [1.29, 1.82) is 0 Å². The predicted octanol–water partition coefficient (Wildman–Crippen LogP) is 8.23. The Kier molecular flexibility index (Phi) is 5.91. The van der Waals surface area contributed by atoms with E-state index in [9.17, 15) is 20.2 Å². The molecule has 0 amide bonds. The number of hydrogen-bond acceptors (Lipinski definition) is 5. The van der Waals surface area contributed by atoms with E-state index in [4.69, 9.17) is 0 Å². The van der Waals surface area contributed by atoms with Crippen LogP contribution in [0.5, 0.6) is 0 Å². The Balaban J connectivity index is 1.60. The molecule has 5 rings (SSSR count). The fraction of sp³-hybridized carbons (Fsp3) is 0. The molecule has 0 radical (unpaired) electrons. The van der Waals surface area contributed by atoms with Crippen LogP contribution in [0.4, 0.5) is 11.4 Å². The van der Waals surface area contributed by atoms with Crippen molar-refractivity contribution in [3.63, 3.8) is 0 Å². The molecule has 170 valence electrons. The van der Waals surface area contributed by atoms with Gasteiger partial charge in [0, 0.05) is 0 Å². The van der Waals surface area contributed by atoms with E-state index in [1.165, 1.54) is 0 Å². The maximum Gasteiger partial charge on any atom is 0.365 e. The first-order valence-electron chi connectivity index (χ1n) is 10.8. The summed E-state index contributed by atoms with van der Waals surface area (Å²) < 4.78 is 0. The monoisotopic (exact) mass is 478 g/mol. The smallest absolute Gasteiger partial charge is 0.258 e. The summed E-state index contributed by atoms with van der Waals surface area (Å²) in [5.41, 5.74) is 4.13. The maximum absolute atomic E-state index is 12.0. The number of benzene rings is 4. The summed E-state index contributed by atoms with van der Waals surface area (Å²) >= 11 is 1.07. The Morgan fingerprint density at radius 2 is 0.714 bits per heavy atom. The third-order valence-electron chi connectivity index (χ3n) is 5.73. The highest BCUT2D eigenvalue weighted by atomic mass is 32.1. The van der Waals surface area contributed by atoms with E-state index in [1.54, 1.807) is 24.3 Å². The Morgan fingerprint density at radius 1 is 0.429 bits per heavy atom. The van der Waals surface area contributed by atoms with Gasteiger partial charge in [0.1, 0.15) is 9.75 Å². The second-order valence-corrected chi connectivity index (χ2v) is 8.88. The van der Waals surface area contributed by atoms with Crippen LogP contribution in [0.2, 0.25) is 0 Å². The number of rotatable bonds is 6. The van der Waals surface area contributed by atoms with Gasteiger partial charge in [-0.25, -0.2) is 0 Å². The van der Waals surface area contributed by atoms with Crippen molar-refractivity contribution < 1.29 is 9.85 Å². The van der Waals surface area contributed by atoms with Gasteiger partial charge in [0.2, 0.25) is 0 Å². The third kappa shape index (κ3) is 4.32. The molecule has 0 aliphatic carbocycles. The van der Waals surface area contributed by atoms with Gasteiger partial charge in [-0.05, 0) is 33.4 Å². The van der Waals surface area contributed by atoms with E-state index >= 15 is 0 Å². The molecule has 7 heteroatoms. The molecule has 0 bridgehead atoms. The number of thiophene rings is 1. The van der Waals surface area contributed by atoms with Gasteiger partial charge in [0.05, 0.1) is 9.85 Å². The third-order valence-corrected chi connectivity index (χ3v) is 7.00. The largest absolute Gasteiger partial charge is 0.365 e. The summed E-state index contributed by atoms with van der Waals surface area (Å²) in [5, 5.41) is 24.0. The van der Waals surface area contributed by atoms with Gasteiger partial charge < -0.3 is 0 Å². The molecule has 6 nitrogen and oxygen atoms in total. The summed E-state index contributed by atoms with van der Waals surface area (Å²) in [6, 6.07) is 34.1. The van der Waals surface area contributed by atoms with Crippen molar-refractivity contribution in [2.75, 3.05) is 0 Å². The fourth-order valence-electron chi connectivity index (χ4n) is 4.03. The molecule has 0 unspecified atom stereocenters. The minimum absolute atomic E-state index is 0.267. The van der Waals surface area contributed by atoms with Crippen LogP contribution < -0.4 is 0 Å². The summed E-state index contributed by atoms with van der Waals surface area (Å²) in [6.45, 7) is 0. The van der Waals surface area contributed by atoms with Crippen LogP contribution in [0.15, 0.2) is 109 Å². The van der Waals surface area contributed by atoms with Crippen LogP contribution in [0.1, 0.15) is 0 Å². The van der Waals surface area contributed by atoms with E-state index in [2.05, 4.69) is 0 Å². The van der Waals surface area contributed by atoms with Crippen LogP contribution in [-0.4, -0.2) is 9.85 Å². The molecule has 0 fully saturated rings. The summed E-state index contributed by atoms with van der Waals surface area (Å²) in [5.74, 6) is 0. The maximum atomic E-state index is 12.0. The van der Waals surface area contributed by atoms with E-state index in [0.29, 0.717) is 11.1 Å². The zero-order valence-corrected chi connectivity index (χ0v) is 19.1. The molecular weight excluding hydrogens is 460 g/mol. The second kappa shape index (κ2) is 9.32. The molecular formula is C28H18N2O4S. The van der Waals surface area contributed by atoms with Gasteiger partial charge in [0.25, 0.3) is 0 Å². The molecule has 0 saturated heterocycles. The highest BCUT2D eigenvalue weighted by Gasteiger charge is 2.37. The van der Waals surface area contributed by atoms with Gasteiger partial charge >= 0.3 is 11.4 Å². The van der Waals surface area contributed by atoms with Crippen molar-refractivity contribution in [3.05, 3.63) is 129 Å².